The van der Waals surface area contributed by atoms with E-state index >= 15 is 0 Å². The highest BCUT2D eigenvalue weighted by molar-refractivity contribution is 7.26. The van der Waals surface area contributed by atoms with E-state index in [1.54, 1.807) is 0 Å². The monoisotopic (exact) mass is 325 g/mol. The molecule has 0 aliphatic heterocycles. The van der Waals surface area contributed by atoms with Crippen molar-refractivity contribution in [3.63, 3.8) is 0 Å². The third-order valence-corrected chi connectivity index (χ3v) is 5.96. The number of thiophene rings is 1. The molecule has 6 aromatic rings. The molecule has 0 aliphatic rings. The van der Waals surface area contributed by atoms with Crippen LogP contribution in [-0.4, -0.2) is 14.4 Å². The van der Waals surface area contributed by atoms with Crippen molar-refractivity contribution in [2.24, 2.45) is 0 Å². The number of nitrogens with zero attached hydrogens (tertiary/aromatic N) is 3. The Bertz CT molecular complexity index is 1410. The van der Waals surface area contributed by atoms with Crippen molar-refractivity contribution in [2.75, 3.05) is 0 Å². The number of imidazole rings is 1. The molecule has 4 heterocycles. The predicted molar refractivity (Wildman–Crippen MR) is 101 cm³/mol. The van der Waals surface area contributed by atoms with Gasteiger partial charge >= 0.3 is 0 Å². The van der Waals surface area contributed by atoms with Crippen LogP contribution in [0.2, 0.25) is 0 Å². The largest absolute Gasteiger partial charge is 0.299 e. The molecular formula is C20H11N3S. The molecule has 0 saturated carbocycles. The summed E-state index contributed by atoms with van der Waals surface area (Å²) in [5, 5.41) is 6.22. The first-order chi connectivity index (χ1) is 11.9. The molecule has 0 amide bonds. The quantitative estimate of drug-likeness (QED) is 0.350. The molecule has 0 saturated heterocycles. The number of hydrogen-bond donors (Lipinski definition) is 0. The second kappa shape index (κ2) is 4.30. The van der Waals surface area contributed by atoms with Crippen LogP contribution in [0.25, 0.3) is 47.5 Å². The molecule has 4 aromatic heterocycles. The molecule has 0 N–H and O–H groups in total. The normalized spacial score (nSPS) is 12.2. The first-order valence-corrected chi connectivity index (χ1v) is 8.66. The van der Waals surface area contributed by atoms with Gasteiger partial charge in [-0.05, 0) is 18.2 Å². The molecule has 112 valence electrons. The number of fused-ring (bicyclic) bond motifs is 10. The molecule has 0 atom stereocenters. The van der Waals surface area contributed by atoms with Crippen LogP contribution < -0.4 is 0 Å². The number of pyridine rings is 2. The third kappa shape index (κ3) is 1.42. The predicted octanol–water partition coefficient (Wildman–Crippen LogP) is 5.40. The van der Waals surface area contributed by atoms with Crippen molar-refractivity contribution in [1.82, 2.24) is 14.4 Å². The highest BCUT2D eigenvalue weighted by atomic mass is 32.1. The average molecular weight is 325 g/mol. The van der Waals surface area contributed by atoms with Gasteiger partial charge in [0.05, 0.1) is 5.52 Å². The average Bonchev–Trinajstić information content (AvgIpc) is 3.26. The van der Waals surface area contributed by atoms with Crippen molar-refractivity contribution >= 4 is 58.8 Å². The second-order valence-electron chi connectivity index (χ2n) is 5.98. The standard InChI is InChI=1S/C20H11N3S/c1-2-4-17-12(3-1)13-5-6-16-18(19(13)24-17)15-11-21-8-7-14(15)20-22-9-10-23(16)20/h1-11H. The van der Waals surface area contributed by atoms with Gasteiger partial charge in [-0.15, -0.1) is 11.3 Å². The van der Waals surface area contributed by atoms with Gasteiger partial charge in [-0.3, -0.25) is 9.38 Å². The maximum Gasteiger partial charge on any atom is 0.145 e. The van der Waals surface area contributed by atoms with E-state index in [0.717, 1.165) is 11.0 Å². The fourth-order valence-electron chi connectivity index (χ4n) is 3.73. The Morgan fingerprint density at radius 3 is 2.79 bits per heavy atom. The number of benzene rings is 2. The van der Waals surface area contributed by atoms with Gasteiger partial charge < -0.3 is 0 Å². The third-order valence-electron chi connectivity index (χ3n) is 4.76. The van der Waals surface area contributed by atoms with E-state index in [0.29, 0.717) is 0 Å². The SMILES string of the molecule is c1ccc2c(c1)sc1c2ccc2c1c1cnccc1c1nccn21. The fraction of sp³-hybridized carbons (Fsp3) is 0. The van der Waals surface area contributed by atoms with E-state index in [2.05, 4.69) is 56.8 Å². The summed E-state index contributed by atoms with van der Waals surface area (Å²) in [6.45, 7) is 0. The summed E-state index contributed by atoms with van der Waals surface area (Å²) in [6.07, 6.45) is 7.71. The van der Waals surface area contributed by atoms with Gasteiger partial charge in [-0.2, -0.15) is 0 Å². The smallest absolute Gasteiger partial charge is 0.145 e. The highest BCUT2D eigenvalue weighted by Crippen LogP contribution is 2.41. The van der Waals surface area contributed by atoms with E-state index in [9.17, 15) is 0 Å². The molecule has 0 aliphatic carbocycles. The lowest BCUT2D eigenvalue weighted by atomic mass is 10.0. The zero-order valence-electron chi connectivity index (χ0n) is 12.6. The summed E-state index contributed by atoms with van der Waals surface area (Å²) in [4.78, 5) is 8.94. The summed E-state index contributed by atoms with van der Waals surface area (Å²) in [6, 6.07) is 15.1. The Kier molecular flexibility index (Phi) is 2.23. The molecule has 24 heavy (non-hydrogen) atoms. The summed E-state index contributed by atoms with van der Waals surface area (Å²) in [7, 11) is 0. The summed E-state index contributed by atoms with van der Waals surface area (Å²) < 4.78 is 4.83. The lowest BCUT2D eigenvalue weighted by Crippen LogP contribution is -1.91. The second-order valence-corrected chi connectivity index (χ2v) is 7.03. The van der Waals surface area contributed by atoms with Gasteiger partial charge in [0.2, 0.25) is 0 Å². The van der Waals surface area contributed by atoms with Crippen LogP contribution in [0.4, 0.5) is 0 Å². The van der Waals surface area contributed by atoms with Gasteiger partial charge in [-0.1, -0.05) is 24.3 Å². The lowest BCUT2D eigenvalue weighted by molar-refractivity contribution is 1.27. The van der Waals surface area contributed by atoms with E-state index in [-0.39, 0.29) is 0 Å². The minimum Gasteiger partial charge on any atom is -0.299 e. The summed E-state index contributed by atoms with van der Waals surface area (Å²) in [5.74, 6) is 0. The minimum atomic E-state index is 0.986. The molecule has 0 fully saturated rings. The van der Waals surface area contributed by atoms with E-state index < -0.39 is 0 Å². The maximum absolute atomic E-state index is 4.56. The number of hydrogen-bond acceptors (Lipinski definition) is 3. The molecule has 6 rings (SSSR count). The van der Waals surface area contributed by atoms with Crippen LogP contribution >= 0.6 is 11.3 Å². The maximum atomic E-state index is 4.56. The Balaban J connectivity index is 2.03. The Morgan fingerprint density at radius 1 is 0.833 bits per heavy atom. The molecule has 3 nitrogen and oxygen atoms in total. The van der Waals surface area contributed by atoms with Gasteiger partial charge in [0, 0.05) is 61.1 Å². The molecule has 4 heteroatoms. The van der Waals surface area contributed by atoms with Crippen LogP contribution in [0.15, 0.2) is 67.3 Å². The minimum absolute atomic E-state index is 0.986. The van der Waals surface area contributed by atoms with Crippen molar-refractivity contribution < 1.29 is 0 Å². The molecular weight excluding hydrogens is 314 g/mol. The Hall–Kier alpha value is -2.98. The fourth-order valence-corrected chi connectivity index (χ4v) is 4.98. The first-order valence-electron chi connectivity index (χ1n) is 7.84. The van der Waals surface area contributed by atoms with Gasteiger partial charge in [0.15, 0.2) is 0 Å². The van der Waals surface area contributed by atoms with Crippen molar-refractivity contribution in [1.29, 1.82) is 0 Å². The molecule has 2 aromatic carbocycles. The van der Waals surface area contributed by atoms with Crippen molar-refractivity contribution in [2.45, 2.75) is 0 Å². The summed E-state index contributed by atoms with van der Waals surface area (Å²) in [5.41, 5.74) is 2.17. The topological polar surface area (TPSA) is 30.2 Å². The van der Waals surface area contributed by atoms with E-state index in [1.165, 1.54) is 36.5 Å². The van der Waals surface area contributed by atoms with Crippen LogP contribution in [0, 0.1) is 0 Å². The molecule has 0 unspecified atom stereocenters. The Morgan fingerprint density at radius 2 is 1.79 bits per heavy atom. The van der Waals surface area contributed by atoms with Crippen LogP contribution in [0.3, 0.4) is 0 Å². The van der Waals surface area contributed by atoms with Crippen LogP contribution in [0.1, 0.15) is 0 Å². The van der Waals surface area contributed by atoms with E-state index in [1.807, 2.05) is 36.1 Å². The van der Waals surface area contributed by atoms with Crippen LogP contribution in [-0.2, 0) is 0 Å². The van der Waals surface area contributed by atoms with Gasteiger partial charge in [0.25, 0.3) is 0 Å². The molecule has 0 radical (unpaired) electrons. The lowest BCUT2D eigenvalue weighted by Gasteiger charge is -2.08. The first kappa shape index (κ1) is 12.4. The molecule has 0 bridgehead atoms. The zero-order chi connectivity index (χ0) is 15.7. The van der Waals surface area contributed by atoms with Gasteiger partial charge in [-0.25, -0.2) is 4.98 Å². The zero-order valence-corrected chi connectivity index (χ0v) is 13.4. The number of aromatic nitrogens is 3. The van der Waals surface area contributed by atoms with Gasteiger partial charge in [0.1, 0.15) is 5.65 Å². The van der Waals surface area contributed by atoms with Crippen molar-refractivity contribution in [3.8, 4) is 0 Å². The summed E-state index contributed by atoms with van der Waals surface area (Å²) >= 11 is 1.86. The number of rotatable bonds is 0. The highest BCUT2D eigenvalue weighted by Gasteiger charge is 2.14. The Labute approximate surface area is 140 Å². The molecule has 0 spiro atoms. The van der Waals surface area contributed by atoms with Crippen LogP contribution in [0.5, 0.6) is 0 Å². The van der Waals surface area contributed by atoms with E-state index in [4.69, 9.17) is 0 Å². The van der Waals surface area contributed by atoms with Crippen molar-refractivity contribution in [3.05, 3.63) is 67.3 Å².